The molecule has 0 saturated carbocycles. The summed E-state index contributed by atoms with van der Waals surface area (Å²) in [6, 6.07) is 8.42. The Morgan fingerprint density at radius 2 is 2.00 bits per heavy atom. The van der Waals surface area contributed by atoms with Crippen LogP contribution < -0.4 is 4.74 Å². The number of benzene rings is 1. The van der Waals surface area contributed by atoms with E-state index >= 15 is 0 Å². The summed E-state index contributed by atoms with van der Waals surface area (Å²) in [4.78, 5) is 49.2. The van der Waals surface area contributed by atoms with Gasteiger partial charge in [0.25, 0.3) is 17.6 Å². The third kappa shape index (κ3) is 3.81. The Morgan fingerprint density at radius 1 is 1.19 bits per heavy atom. The normalized spacial score (nSPS) is 16.4. The number of ether oxygens (including phenoxy) is 1. The predicted octanol–water partition coefficient (Wildman–Crippen LogP) is 2.89. The van der Waals surface area contributed by atoms with E-state index in [1.807, 2.05) is 13.0 Å². The smallest absolute Gasteiger partial charge is 0.295 e. The van der Waals surface area contributed by atoms with Gasteiger partial charge in [0.05, 0.1) is 23.6 Å². The average molecular weight is 485 g/mol. The lowest BCUT2D eigenvalue weighted by Gasteiger charge is -2.39. The summed E-state index contributed by atoms with van der Waals surface area (Å²) in [5.74, 6) is -0.883. The van der Waals surface area contributed by atoms with Crippen LogP contribution in [0.1, 0.15) is 27.8 Å². The number of carbonyl (C=O) groups excluding carboxylic acids is 3. The molecule has 8 nitrogen and oxygen atoms in total. The van der Waals surface area contributed by atoms with Gasteiger partial charge < -0.3 is 19.5 Å². The Balaban J connectivity index is 1.53. The number of nitrogens with one attached hydrogen (secondary N) is 1. The van der Waals surface area contributed by atoms with Crippen molar-refractivity contribution in [2.24, 2.45) is 0 Å². The van der Waals surface area contributed by atoms with Crippen LogP contribution in [0.5, 0.6) is 5.75 Å². The van der Waals surface area contributed by atoms with Crippen molar-refractivity contribution in [2.45, 2.75) is 13.0 Å². The minimum Gasteiger partial charge on any atom is -0.496 e. The minimum atomic E-state index is -0.612. The van der Waals surface area contributed by atoms with Crippen molar-refractivity contribution in [2.75, 3.05) is 26.7 Å². The molecule has 3 heterocycles. The molecule has 0 spiro atoms. The number of hydrogen-bond donors (Lipinski definition) is 1. The third-order valence-electron chi connectivity index (χ3n) is 5.46. The van der Waals surface area contributed by atoms with Gasteiger partial charge in [-0.25, -0.2) is 0 Å². The van der Waals surface area contributed by atoms with Gasteiger partial charge in [-0.05, 0) is 47.1 Å². The van der Waals surface area contributed by atoms with E-state index in [9.17, 15) is 14.4 Å². The molecule has 1 atom stereocenters. The lowest BCUT2D eigenvalue weighted by molar-refractivity contribution is -0.130. The molecule has 2 amide bonds. The number of hydrogen-bond acceptors (Lipinski definition) is 5. The summed E-state index contributed by atoms with van der Waals surface area (Å²) in [5, 5.41) is 0.562. The SMILES string of the molecule is COc1ccc(Br)c2[nH]cc(C(=O)C(=O)N3CCN(C(=O)c4ccccn4)C[C@H]3C)c12. The summed E-state index contributed by atoms with van der Waals surface area (Å²) in [6.45, 7) is 2.77. The van der Waals surface area contributed by atoms with Crippen LogP contribution in [0.4, 0.5) is 0 Å². The van der Waals surface area contributed by atoms with Crippen LogP contribution in [0, 0.1) is 0 Å². The number of amides is 2. The van der Waals surface area contributed by atoms with Crippen LogP contribution in [-0.4, -0.2) is 70.2 Å². The first-order valence-corrected chi connectivity index (χ1v) is 10.6. The number of methoxy groups -OCH3 is 1. The van der Waals surface area contributed by atoms with Gasteiger partial charge in [0, 0.05) is 42.5 Å². The second kappa shape index (κ2) is 8.50. The number of fused-ring (bicyclic) bond motifs is 1. The molecule has 0 unspecified atom stereocenters. The maximum absolute atomic E-state index is 13.1. The number of aromatic nitrogens is 2. The van der Waals surface area contributed by atoms with Crippen molar-refractivity contribution in [1.82, 2.24) is 19.8 Å². The topological polar surface area (TPSA) is 95.6 Å². The maximum Gasteiger partial charge on any atom is 0.295 e. The van der Waals surface area contributed by atoms with Crippen molar-refractivity contribution in [1.29, 1.82) is 0 Å². The summed E-state index contributed by atoms with van der Waals surface area (Å²) in [7, 11) is 1.52. The fourth-order valence-corrected chi connectivity index (χ4v) is 4.32. The number of ketones is 1. The Kier molecular flexibility index (Phi) is 5.77. The predicted molar refractivity (Wildman–Crippen MR) is 118 cm³/mol. The number of H-pyrrole nitrogens is 1. The highest BCUT2D eigenvalue weighted by atomic mass is 79.9. The van der Waals surface area contributed by atoms with E-state index in [0.717, 1.165) is 4.47 Å². The minimum absolute atomic E-state index is 0.183. The van der Waals surface area contributed by atoms with Crippen molar-refractivity contribution in [3.05, 3.63) is 58.5 Å². The highest BCUT2D eigenvalue weighted by molar-refractivity contribution is 9.10. The lowest BCUT2D eigenvalue weighted by Crippen LogP contribution is -2.56. The zero-order valence-corrected chi connectivity index (χ0v) is 18.7. The summed E-state index contributed by atoms with van der Waals surface area (Å²) >= 11 is 3.45. The molecule has 1 saturated heterocycles. The first-order valence-electron chi connectivity index (χ1n) is 9.81. The molecular formula is C22H21BrN4O4. The zero-order chi connectivity index (χ0) is 22.1. The van der Waals surface area contributed by atoms with E-state index in [2.05, 4.69) is 25.9 Å². The molecular weight excluding hydrogens is 464 g/mol. The second-order valence-electron chi connectivity index (χ2n) is 7.34. The number of nitrogens with zero attached hydrogens (tertiary/aromatic N) is 3. The van der Waals surface area contributed by atoms with Gasteiger partial charge in [0.15, 0.2) is 0 Å². The van der Waals surface area contributed by atoms with Crippen LogP contribution in [-0.2, 0) is 4.79 Å². The average Bonchev–Trinajstić information content (AvgIpc) is 3.24. The van der Waals surface area contributed by atoms with Crippen LogP contribution in [0.3, 0.4) is 0 Å². The molecule has 1 aliphatic rings. The van der Waals surface area contributed by atoms with Gasteiger partial charge in [-0.2, -0.15) is 0 Å². The van der Waals surface area contributed by atoms with Crippen molar-refractivity contribution < 1.29 is 19.1 Å². The van der Waals surface area contributed by atoms with Gasteiger partial charge >= 0.3 is 0 Å². The first kappa shape index (κ1) is 21.0. The van der Waals surface area contributed by atoms with E-state index in [0.29, 0.717) is 35.4 Å². The Hall–Kier alpha value is -3.20. The monoisotopic (exact) mass is 484 g/mol. The number of aromatic amines is 1. The molecule has 4 rings (SSSR count). The molecule has 1 aliphatic heterocycles. The summed E-state index contributed by atoms with van der Waals surface area (Å²) in [5.41, 5.74) is 1.31. The number of pyridine rings is 1. The number of carbonyl (C=O) groups is 3. The molecule has 0 bridgehead atoms. The summed E-state index contributed by atoms with van der Waals surface area (Å²) < 4.78 is 6.16. The molecule has 160 valence electrons. The number of Topliss-reactive ketones (excluding diaryl/α,β-unsaturated/α-hetero) is 1. The molecule has 1 N–H and O–H groups in total. The number of rotatable bonds is 4. The molecule has 2 aromatic heterocycles. The van der Waals surface area contributed by atoms with Crippen molar-refractivity contribution in [3.63, 3.8) is 0 Å². The second-order valence-corrected chi connectivity index (χ2v) is 8.20. The molecule has 9 heteroatoms. The van der Waals surface area contributed by atoms with Gasteiger partial charge in [0.2, 0.25) is 0 Å². The van der Waals surface area contributed by atoms with Crippen LogP contribution in [0.25, 0.3) is 10.9 Å². The molecule has 1 aromatic carbocycles. The van der Waals surface area contributed by atoms with E-state index in [4.69, 9.17) is 4.74 Å². The van der Waals surface area contributed by atoms with Gasteiger partial charge in [-0.15, -0.1) is 0 Å². The van der Waals surface area contributed by atoms with Gasteiger partial charge in [-0.1, -0.05) is 6.07 Å². The van der Waals surface area contributed by atoms with E-state index in [1.165, 1.54) is 18.2 Å². The van der Waals surface area contributed by atoms with Crippen LogP contribution >= 0.6 is 15.9 Å². The molecule has 0 aliphatic carbocycles. The summed E-state index contributed by atoms with van der Waals surface area (Å²) in [6.07, 6.45) is 3.10. The van der Waals surface area contributed by atoms with Gasteiger partial charge in [0.1, 0.15) is 11.4 Å². The number of halogens is 1. The highest BCUT2D eigenvalue weighted by Gasteiger charge is 2.35. The Morgan fingerprint density at radius 3 is 2.68 bits per heavy atom. The Labute approximate surface area is 187 Å². The molecule has 3 aromatic rings. The van der Waals surface area contributed by atoms with Crippen molar-refractivity contribution >= 4 is 44.4 Å². The molecule has 31 heavy (non-hydrogen) atoms. The van der Waals surface area contributed by atoms with E-state index in [-0.39, 0.29) is 24.1 Å². The quantitative estimate of drug-likeness (QED) is 0.453. The molecule has 1 fully saturated rings. The van der Waals surface area contributed by atoms with Crippen molar-refractivity contribution in [3.8, 4) is 5.75 Å². The van der Waals surface area contributed by atoms with E-state index in [1.54, 1.807) is 35.4 Å². The lowest BCUT2D eigenvalue weighted by atomic mass is 10.1. The van der Waals surface area contributed by atoms with E-state index < -0.39 is 11.7 Å². The Bertz CT molecular complexity index is 1160. The standard InChI is InChI=1S/C22H21BrN4O4/c1-13-12-26(21(29)16-5-3-4-8-24-16)9-10-27(13)22(30)20(28)14-11-25-19-15(23)6-7-17(31-2)18(14)19/h3-8,11,13,25H,9-10,12H2,1-2H3/t13-/m1/s1. The highest BCUT2D eigenvalue weighted by Crippen LogP contribution is 2.34. The fraction of sp³-hybridized carbons (Fsp3) is 0.273. The third-order valence-corrected chi connectivity index (χ3v) is 6.13. The number of piperazine rings is 1. The maximum atomic E-state index is 13.1. The van der Waals surface area contributed by atoms with Crippen LogP contribution in [0.2, 0.25) is 0 Å². The van der Waals surface area contributed by atoms with Crippen LogP contribution in [0.15, 0.2) is 47.2 Å². The fourth-order valence-electron chi connectivity index (χ4n) is 3.87. The zero-order valence-electron chi connectivity index (χ0n) is 17.1. The molecule has 0 radical (unpaired) electrons. The van der Waals surface area contributed by atoms with Gasteiger partial charge in [-0.3, -0.25) is 19.4 Å². The first-order chi connectivity index (χ1) is 14.9. The largest absolute Gasteiger partial charge is 0.496 e.